The van der Waals surface area contributed by atoms with Gasteiger partial charge in [0.25, 0.3) is 0 Å². The van der Waals surface area contributed by atoms with Crippen molar-refractivity contribution in [1.82, 2.24) is 14.5 Å². The molecule has 0 saturated heterocycles. The molecule has 0 aliphatic rings. The summed E-state index contributed by atoms with van der Waals surface area (Å²) in [6, 6.07) is 7.98. The largest absolute Gasteiger partial charge is 0.495 e. The molecule has 232 valence electrons. The summed E-state index contributed by atoms with van der Waals surface area (Å²) in [6.07, 6.45) is -2.50. The summed E-state index contributed by atoms with van der Waals surface area (Å²) in [5.41, 5.74) is 0.0244. The molecular weight excluding hydrogens is 590 g/mol. The Bertz CT molecular complexity index is 1640. The number of rotatable bonds is 13. The highest BCUT2D eigenvalue weighted by Gasteiger charge is 2.36. The molecule has 2 aromatic heterocycles. The van der Waals surface area contributed by atoms with E-state index in [1.54, 1.807) is 58.3 Å². The van der Waals surface area contributed by atoms with Gasteiger partial charge in [-0.05, 0) is 50.6 Å². The van der Waals surface area contributed by atoms with Crippen LogP contribution in [0.4, 0.5) is 36.3 Å². The highest BCUT2D eigenvalue weighted by atomic mass is 31.2. The quantitative estimate of drug-likeness (QED) is 0.130. The Balaban J connectivity index is 1.70. The smallest absolute Gasteiger partial charge is 0.421 e. The average Bonchev–Trinajstić information content (AvgIpc) is 3.25. The van der Waals surface area contributed by atoms with Gasteiger partial charge in [-0.3, -0.25) is 4.57 Å². The van der Waals surface area contributed by atoms with Crippen LogP contribution in [0, 0.1) is 0 Å². The molecule has 43 heavy (non-hydrogen) atoms. The number of nitrogens with one attached hydrogen (secondary N) is 2. The minimum Gasteiger partial charge on any atom is -0.495 e. The van der Waals surface area contributed by atoms with Crippen molar-refractivity contribution in [3.63, 3.8) is 0 Å². The van der Waals surface area contributed by atoms with Crippen LogP contribution >= 0.6 is 7.60 Å². The molecule has 0 fully saturated rings. The summed E-state index contributed by atoms with van der Waals surface area (Å²) in [5, 5.41) is 17.1. The van der Waals surface area contributed by atoms with Crippen LogP contribution in [0.2, 0.25) is 0 Å². The zero-order valence-corrected chi connectivity index (χ0v) is 25.2. The van der Waals surface area contributed by atoms with Gasteiger partial charge in [-0.1, -0.05) is 6.07 Å². The highest BCUT2D eigenvalue weighted by molar-refractivity contribution is 7.53. The van der Waals surface area contributed by atoms with Crippen LogP contribution in [0.3, 0.4) is 0 Å². The van der Waals surface area contributed by atoms with Crippen molar-refractivity contribution in [2.75, 3.05) is 37.6 Å². The SMILES string of the molecule is CCOc1ccc(Nc2nc(Nc3ccc(CP(=O)(OCC)OCC)cc3OC)ncc2C(F)(F)F)c2c(O)n(C)cc12. The predicted molar refractivity (Wildman–Crippen MR) is 157 cm³/mol. The van der Waals surface area contributed by atoms with E-state index in [1.165, 1.54) is 17.7 Å². The molecule has 4 aromatic rings. The molecule has 0 radical (unpaired) electrons. The lowest BCUT2D eigenvalue weighted by Gasteiger charge is -2.18. The molecule has 0 atom stereocenters. The molecule has 0 aliphatic heterocycles. The first-order valence-electron chi connectivity index (χ1n) is 13.4. The van der Waals surface area contributed by atoms with Crippen molar-refractivity contribution in [3.05, 3.63) is 53.9 Å². The second-order valence-corrected chi connectivity index (χ2v) is 11.3. The number of ether oxygens (including phenoxy) is 2. The zero-order valence-electron chi connectivity index (χ0n) is 24.3. The van der Waals surface area contributed by atoms with E-state index in [1.807, 2.05) is 0 Å². The summed E-state index contributed by atoms with van der Waals surface area (Å²) < 4.78 is 78.2. The zero-order chi connectivity index (χ0) is 31.4. The number of nitrogens with zero attached hydrogens (tertiary/aromatic N) is 3. The maximum Gasteiger partial charge on any atom is 0.421 e. The van der Waals surface area contributed by atoms with Gasteiger partial charge in [0.05, 0.1) is 49.9 Å². The van der Waals surface area contributed by atoms with Gasteiger partial charge in [0.1, 0.15) is 22.9 Å². The molecule has 0 bridgehead atoms. The van der Waals surface area contributed by atoms with E-state index in [0.717, 1.165) is 0 Å². The minimum absolute atomic E-state index is 0.000937. The van der Waals surface area contributed by atoms with Crippen LogP contribution in [0.1, 0.15) is 31.9 Å². The number of aromatic hydroxyl groups is 1. The van der Waals surface area contributed by atoms with Crippen molar-refractivity contribution in [2.24, 2.45) is 7.05 Å². The summed E-state index contributed by atoms with van der Waals surface area (Å²) in [6.45, 7) is 6.01. The molecule has 4 rings (SSSR count). The summed E-state index contributed by atoms with van der Waals surface area (Å²) in [7, 11) is -0.364. The Labute approximate surface area is 246 Å². The standard InChI is InChI=1S/C28H33F3N5O6P/c1-6-40-22-12-11-21(24-18(22)15-36(4)26(24)37)33-25-19(28(29,30)31)14-32-27(35-25)34-20-10-9-17(13-23(20)39-5)16-43(38,41-7-2)42-8-3/h9-15,37H,6-8,16H2,1-5H3,(H2,32,33,34,35). The van der Waals surface area contributed by atoms with Crippen molar-refractivity contribution in [3.8, 4) is 17.4 Å². The summed E-state index contributed by atoms with van der Waals surface area (Å²) in [5.74, 6) is -0.0889. The lowest BCUT2D eigenvalue weighted by atomic mass is 10.1. The van der Waals surface area contributed by atoms with Crippen molar-refractivity contribution >= 4 is 41.5 Å². The van der Waals surface area contributed by atoms with Crippen molar-refractivity contribution in [1.29, 1.82) is 0 Å². The lowest BCUT2D eigenvalue weighted by molar-refractivity contribution is -0.137. The Kier molecular flexibility index (Phi) is 9.73. The number of benzene rings is 2. The molecule has 11 nitrogen and oxygen atoms in total. The molecular formula is C28H33F3N5O6P. The monoisotopic (exact) mass is 623 g/mol. The Morgan fingerprint density at radius 3 is 2.33 bits per heavy atom. The third-order valence-electron chi connectivity index (χ3n) is 6.27. The van der Waals surface area contributed by atoms with Crippen LogP contribution in [0.15, 0.2) is 42.7 Å². The number of anilines is 4. The van der Waals surface area contributed by atoms with Gasteiger partial charge < -0.3 is 38.8 Å². The second-order valence-electron chi connectivity index (χ2n) is 9.24. The van der Waals surface area contributed by atoms with Crippen molar-refractivity contribution < 1.29 is 41.4 Å². The van der Waals surface area contributed by atoms with Crippen LogP contribution in [-0.2, 0) is 33.0 Å². The average molecular weight is 624 g/mol. The Morgan fingerprint density at radius 2 is 1.70 bits per heavy atom. The normalized spacial score (nSPS) is 12.0. The second kappa shape index (κ2) is 13.1. The van der Waals surface area contributed by atoms with Crippen LogP contribution in [-0.4, -0.2) is 46.6 Å². The molecule has 0 spiro atoms. The number of aryl methyl sites for hydroxylation is 1. The van der Waals surface area contributed by atoms with Gasteiger partial charge in [0.2, 0.25) is 11.8 Å². The fourth-order valence-corrected chi connectivity index (χ4v) is 6.15. The molecule has 3 N–H and O–H groups in total. The van der Waals surface area contributed by atoms with E-state index in [-0.39, 0.29) is 42.3 Å². The number of halogens is 3. The number of fused-ring (bicyclic) bond motifs is 1. The minimum atomic E-state index is -4.78. The lowest BCUT2D eigenvalue weighted by Crippen LogP contribution is -2.13. The molecule has 0 unspecified atom stereocenters. The fraction of sp³-hybridized carbons (Fsp3) is 0.357. The Hall–Kier alpha value is -4.00. The number of hydrogen-bond donors (Lipinski definition) is 3. The van der Waals surface area contributed by atoms with E-state index in [0.29, 0.717) is 40.9 Å². The van der Waals surface area contributed by atoms with Gasteiger partial charge >= 0.3 is 13.8 Å². The summed E-state index contributed by atoms with van der Waals surface area (Å²) in [4.78, 5) is 8.00. The van der Waals surface area contributed by atoms with Crippen LogP contribution < -0.4 is 20.1 Å². The first-order chi connectivity index (χ1) is 20.4. The summed E-state index contributed by atoms with van der Waals surface area (Å²) >= 11 is 0. The van der Waals surface area contributed by atoms with E-state index in [2.05, 4.69) is 20.6 Å². The van der Waals surface area contributed by atoms with E-state index in [9.17, 15) is 22.8 Å². The van der Waals surface area contributed by atoms with Gasteiger partial charge in [-0.25, -0.2) is 4.98 Å². The number of methoxy groups -OCH3 is 1. The molecule has 0 aliphatic carbocycles. The maximum absolute atomic E-state index is 14.0. The van der Waals surface area contributed by atoms with E-state index < -0.39 is 25.2 Å². The Morgan fingerprint density at radius 1 is 1.00 bits per heavy atom. The molecule has 2 heterocycles. The predicted octanol–water partition coefficient (Wildman–Crippen LogP) is 7.35. The third-order valence-corrected chi connectivity index (χ3v) is 8.33. The first-order valence-corrected chi connectivity index (χ1v) is 15.1. The van der Waals surface area contributed by atoms with Gasteiger partial charge in [-0.15, -0.1) is 0 Å². The maximum atomic E-state index is 14.0. The van der Waals surface area contributed by atoms with E-state index >= 15 is 0 Å². The fourth-order valence-electron chi connectivity index (χ4n) is 4.46. The van der Waals surface area contributed by atoms with Gasteiger partial charge in [0, 0.05) is 24.8 Å². The van der Waals surface area contributed by atoms with Crippen LogP contribution in [0.25, 0.3) is 10.8 Å². The number of hydrogen-bond acceptors (Lipinski definition) is 10. The van der Waals surface area contributed by atoms with Gasteiger partial charge in [-0.2, -0.15) is 18.2 Å². The molecule has 2 aromatic carbocycles. The number of alkyl halides is 3. The third kappa shape index (κ3) is 7.15. The van der Waals surface area contributed by atoms with Crippen molar-refractivity contribution in [2.45, 2.75) is 33.1 Å². The van der Waals surface area contributed by atoms with Gasteiger partial charge in [0.15, 0.2) is 0 Å². The molecule has 0 amide bonds. The topological polar surface area (TPSA) is 129 Å². The molecule has 0 saturated carbocycles. The highest BCUT2D eigenvalue weighted by Crippen LogP contribution is 2.52. The van der Waals surface area contributed by atoms with E-state index in [4.69, 9.17) is 18.5 Å². The number of aromatic nitrogens is 3. The van der Waals surface area contributed by atoms with Crippen LogP contribution in [0.5, 0.6) is 17.4 Å². The first kappa shape index (κ1) is 31.9. The molecule has 15 heteroatoms.